The van der Waals surface area contributed by atoms with Gasteiger partial charge in [-0.25, -0.2) is 0 Å². The molecule has 0 radical (unpaired) electrons. The van der Waals surface area contributed by atoms with Gasteiger partial charge < -0.3 is 24.3 Å². The molecule has 200 valence electrons. The number of fused-ring (bicyclic) bond motifs is 2. The van der Waals surface area contributed by atoms with E-state index in [0.29, 0.717) is 17.2 Å². The van der Waals surface area contributed by atoms with Gasteiger partial charge >= 0.3 is 5.97 Å². The van der Waals surface area contributed by atoms with Gasteiger partial charge in [-0.15, -0.1) is 0 Å². The Bertz CT molecular complexity index is 1300. The fraction of sp³-hybridized carbons (Fsp3) is 0.419. The first-order chi connectivity index (χ1) is 18.5. The third kappa shape index (κ3) is 6.04. The number of benzene rings is 3. The Kier molecular flexibility index (Phi) is 8.01. The molecule has 3 aromatic carbocycles. The van der Waals surface area contributed by atoms with Gasteiger partial charge in [0, 0.05) is 12.0 Å². The fourth-order valence-electron chi connectivity index (χ4n) is 5.34. The standard InChI is InChI=1S/C31H35NO6/c1-20(31(34)32-25-7-5-3-4-6-8-25)38-26-13-11-21-9-10-22(15-24(21)16-26)27(18-30(33)35-2)23-12-14-28-29(17-23)37-19-36-28/h9-17,20,25,27H,3-8,18-19H2,1-2H3,(H,32,34). The predicted octanol–water partition coefficient (Wildman–Crippen LogP) is 5.87. The second-order valence-electron chi connectivity index (χ2n) is 10.2. The third-order valence-electron chi connectivity index (χ3n) is 7.52. The van der Waals surface area contributed by atoms with Crippen LogP contribution >= 0.6 is 0 Å². The maximum Gasteiger partial charge on any atom is 0.306 e. The summed E-state index contributed by atoms with van der Waals surface area (Å²) in [4.78, 5) is 25.1. The summed E-state index contributed by atoms with van der Waals surface area (Å²) in [5, 5.41) is 5.18. The molecule has 7 nitrogen and oxygen atoms in total. The monoisotopic (exact) mass is 517 g/mol. The highest BCUT2D eigenvalue weighted by Crippen LogP contribution is 2.38. The van der Waals surface area contributed by atoms with E-state index >= 15 is 0 Å². The molecule has 1 saturated carbocycles. The Hall–Kier alpha value is -3.74. The summed E-state index contributed by atoms with van der Waals surface area (Å²) in [6.45, 7) is 1.98. The van der Waals surface area contributed by atoms with E-state index in [4.69, 9.17) is 18.9 Å². The molecule has 2 aliphatic rings. The highest BCUT2D eigenvalue weighted by molar-refractivity contribution is 5.86. The van der Waals surface area contributed by atoms with Gasteiger partial charge in [-0.3, -0.25) is 9.59 Å². The lowest BCUT2D eigenvalue weighted by molar-refractivity contribution is -0.140. The van der Waals surface area contributed by atoms with E-state index in [1.807, 2.05) is 48.5 Å². The SMILES string of the molecule is COC(=O)CC(c1ccc2c(c1)OCO2)c1ccc2ccc(OC(C)C(=O)NC3CCCCCC3)cc2c1. The van der Waals surface area contributed by atoms with Crippen molar-refractivity contribution in [1.29, 1.82) is 0 Å². The quantitative estimate of drug-likeness (QED) is 0.297. The summed E-state index contributed by atoms with van der Waals surface area (Å²) in [5.74, 6) is 1.40. The van der Waals surface area contributed by atoms with Gasteiger partial charge in [0.1, 0.15) is 5.75 Å². The Morgan fingerprint density at radius 2 is 1.61 bits per heavy atom. The molecule has 1 heterocycles. The maximum atomic E-state index is 12.8. The number of ether oxygens (including phenoxy) is 4. The first-order valence-corrected chi connectivity index (χ1v) is 13.5. The summed E-state index contributed by atoms with van der Waals surface area (Å²) in [6.07, 6.45) is 6.47. The number of amides is 1. The Morgan fingerprint density at radius 1 is 0.895 bits per heavy atom. The van der Waals surface area contributed by atoms with Crippen LogP contribution in [0.2, 0.25) is 0 Å². The van der Waals surface area contributed by atoms with Crippen LogP contribution in [0.4, 0.5) is 0 Å². The zero-order valence-corrected chi connectivity index (χ0v) is 22.0. The largest absolute Gasteiger partial charge is 0.481 e. The zero-order chi connectivity index (χ0) is 26.5. The summed E-state index contributed by atoms with van der Waals surface area (Å²) in [7, 11) is 1.40. The molecule has 1 amide bonds. The van der Waals surface area contributed by atoms with Crippen molar-refractivity contribution >= 4 is 22.6 Å². The molecule has 38 heavy (non-hydrogen) atoms. The van der Waals surface area contributed by atoms with Crippen LogP contribution in [0.3, 0.4) is 0 Å². The van der Waals surface area contributed by atoms with Crippen LogP contribution in [0, 0.1) is 0 Å². The van der Waals surface area contributed by atoms with E-state index < -0.39 is 6.10 Å². The molecule has 0 aromatic heterocycles. The maximum absolute atomic E-state index is 12.8. The van der Waals surface area contributed by atoms with Gasteiger partial charge in [0.15, 0.2) is 17.6 Å². The van der Waals surface area contributed by atoms with Crippen LogP contribution < -0.4 is 19.5 Å². The lowest BCUT2D eigenvalue weighted by Gasteiger charge is -2.21. The molecule has 2 atom stereocenters. The van der Waals surface area contributed by atoms with Crippen LogP contribution in [0.25, 0.3) is 10.8 Å². The van der Waals surface area contributed by atoms with E-state index in [0.717, 1.165) is 47.6 Å². The summed E-state index contributed by atoms with van der Waals surface area (Å²) >= 11 is 0. The van der Waals surface area contributed by atoms with Crippen LogP contribution in [-0.2, 0) is 14.3 Å². The summed E-state index contributed by atoms with van der Waals surface area (Å²) < 4.78 is 22.1. The average molecular weight is 518 g/mol. The Morgan fingerprint density at radius 3 is 2.39 bits per heavy atom. The van der Waals surface area contributed by atoms with Crippen molar-refractivity contribution in [3.63, 3.8) is 0 Å². The molecule has 1 aliphatic heterocycles. The van der Waals surface area contributed by atoms with E-state index in [2.05, 4.69) is 11.4 Å². The fourth-order valence-corrected chi connectivity index (χ4v) is 5.34. The molecule has 3 aromatic rings. The molecule has 2 unspecified atom stereocenters. The molecule has 1 aliphatic carbocycles. The number of carbonyl (C=O) groups is 2. The van der Waals surface area contributed by atoms with E-state index in [1.54, 1.807) is 6.92 Å². The van der Waals surface area contributed by atoms with Gasteiger partial charge in [-0.2, -0.15) is 0 Å². The molecule has 0 saturated heterocycles. The molecule has 0 spiro atoms. The minimum Gasteiger partial charge on any atom is -0.481 e. The van der Waals surface area contributed by atoms with Crippen molar-refractivity contribution in [2.75, 3.05) is 13.9 Å². The van der Waals surface area contributed by atoms with Gasteiger partial charge in [0.25, 0.3) is 5.91 Å². The molecule has 7 heteroatoms. The Balaban J connectivity index is 1.36. The summed E-state index contributed by atoms with van der Waals surface area (Å²) in [6, 6.07) is 17.9. The van der Waals surface area contributed by atoms with Crippen LogP contribution in [0.1, 0.15) is 68.9 Å². The van der Waals surface area contributed by atoms with Crippen LogP contribution in [0.5, 0.6) is 17.2 Å². The number of hydrogen-bond donors (Lipinski definition) is 1. The second-order valence-corrected chi connectivity index (χ2v) is 10.2. The highest BCUT2D eigenvalue weighted by atomic mass is 16.7. The molecule has 1 fully saturated rings. The summed E-state index contributed by atoms with van der Waals surface area (Å²) in [5.41, 5.74) is 1.91. The lowest BCUT2D eigenvalue weighted by Crippen LogP contribution is -2.42. The van der Waals surface area contributed by atoms with Gasteiger partial charge in [-0.05, 0) is 65.9 Å². The van der Waals surface area contributed by atoms with Crippen molar-refractivity contribution in [3.05, 3.63) is 65.7 Å². The van der Waals surface area contributed by atoms with Gasteiger partial charge in [0.05, 0.1) is 13.5 Å². The number of esters is 1. The van der Waals surface area contributed by atoms with E-state index in [-0.39, 0.29) is 37.0 Å². The van der Waals surface area contributed by atoms with Crippen LogP contribution in [-0.4, -0.2) is 37.9 Å². The number of carbonyl (C=O) groups excluding carboxylic acids is 2. The van der Waals surface area contributed by atoms with Gasteiger partial charge in [0.2, 0.25) is 6.79 Å². The Labute approximate surface area is 223 Å². The number of methoxy groups -OCH3 is 1. The van der Waals surface area contributed by atoms with Crippen molar-refractivity contribution in [2.45, 2.75) is 69.9 Å². The minimum absolute atomic E-state index is 0.0771. The lowest BCUT2D eigenvalue weighted by atomic mass is 9.87. The average Bonchev–Trinajstić information content (AvgIpc) is 3.26. The van der Waals surface area contributed by atoms with Gasteiger partial charge in [-0.1, -0.05) is 56.0 Å². The topological polar surface area (TPSA) is 83.1 Å². The van der Waals surface area contributed by atoms with Crippen molar-refractivity contribution < 1.29 is 28.5 Å². The van der Waals surface area contributed by atoms with Crippen LogP contribution in [0.15, 0.2) is 54.6 Å². The number of hydrogen-bond acceptors (Lipinski definition) is 6. The van der Waals surface area contributed by atoms with Crippen molar-refractivity contribution in [1.82, 2.24) is 5.32 Å². The number of nitrogens with one attached hydrogen (secondary N) is 1. The van der Waals surface area contributed by atoms with E-state index in [1.165, 1.54) is 20.0 Å². The smallest absolute Gasteiger partial charge is 0.306 e. The molecule has 1 N–H and O–H groups in total. The zero-order valence-electron chi connectivity index (χ0n) is 22.0. The van der Waals surface area contributed by atoms with E-state index in [9.17, 15) is 9.59 Å². The van der Waals surface area contributed by atoms with Crippen molar-refractivity contribution in [2.24, 2.45) is 0 Å². The minimum atomic E-state index is -0.598. The molecular weight excluding hydrogens is 482 g/mol. The van der Waals surface area contributed by atoms with Crippen molar-refractivity contribution in [3.8, 4) is 17.2 Å². The highest BCUT2D eigenvalue weighted by Gasteiger charge is 2.23. The first-order valence-electron chi connectivity index (χ1n) is 13.5. The number of rotatable bonds is 8. The normalized spacial score (nSPS) is 16.9. The third-order valence-corrected chi connectivity index (χ3v) is 7.52. The molecular formula is C31H35NO6. The molecule has 5 rings (SSSR count). The molecule has 0 bridgehead atoms. The predicted molar refractivity (Wildman–Crippen MR) is 145 cm³/mol. The second kappa shape index (κ2) is 11.8. The first kappa shape index (κ1) is 25.9.